The van der Waals surface area contributed by atoms with Crippen LogP contribution in [0.4, 0.5) is 0 Å². The number of aliphatic carboxylic acids is 1. The van der Waals surface area contributed by atoms with Crippen LogP contribution < -0.4 is 5.32 Å². The van der Waals surface area contributed by atoms with E-state index >= 15 is 0 Å². The van der Waals surface area contributed by atoms with E-state index in [9.17, 15) is 14.4 Å². The normalized spacial score (nSPS) is 11.7. The lowest BCUT2D eigenvalue weighted by atomic mass is 10.2. The predicted molar refractivity (Wildman–Crippen MR) is 62.4 cm³/mol. The van der Waals surface area contributed by atoms with Gasteiger partial charge in [-0.2, -0.15) is 0 Å². The first-order chi connectivity index (χ1) is 7.92. The molecule has 17 heavy (non-hydrogen) atoms. The first kappa shape index (κ1) is 15.4. The molecule has 0 rings (SSSR count). The average molecular weight is 244 g/mol. The van der Waals surface area contributed by atoms with Crippen molar-refractivity contribution >= 4 is 17.8 Å². The second-order valence-corrected chi connectivity index (χ2v) is 3.69. The Bertz CT molecular complexity index is 287. The number of hydrogen-bond acceptors (Lipinski definition) is 3. The number of carbonyl (C=O) groups excluding carboxylic acids is 2. The molecule has 0 aliphatic heterocycles. The molecule has 0 saturated carbocycles. The van der Waals surface area contributed by atoms with Gasteiger partial charge in [0.15, 0.2) is 0 Å². The van der Waals surface area contributed by atoms with Crippen LogP contribution in [-0.2, 0) is 14.4 Å². The highest BCUT2D eigenvalue weighted by molar-refractivity contribution is 5.88. The van der Waals surface area contributed by atoms with Gasteiger partial charge >= 0.3 is 5.97 Å². The molecule has 98 valence electrons. The highest BCUT2D eigenvalue weighted by Crippen LogP contribution is 1.96. The Labute approximate surface area is 101 Å². The fourth-order valence-electron chi connectivity index (χ4n) is 1.40. The lowest BCUT2D eigenvalue weighted by Gasteiger charge is -2.23. The molecule has 0 spiro atoms. The van der Waals surface area contributed by atoms with Crippen molar-refractivity contribution in [2.24, 2.45) is 0 Å². The number of nitrogens with zero attached hydrogens (tertiary/aromatic N) is 1. The average Bonchev–Trinajstić information content (AvgIpc) is 2.27. The third kappa shape index (κ3) is 5.89. The summed E-state index contributed by atoms with van der Waals surface area (Å²) in [6.07, 6.45) is -0.330. The second kappa shape index (κ2) is 7.65. The van der Waals surface area contributed by atoms with Gasteiger partial charge < -0.3 is 15.3 Å². The molecule has 0 radical (unpaired) electrons. The SMILES string of the molecule is CCN(CC)C(=O)C(C)NC(=O)CCC(=O)O. The number of carbonyl (C=O) groups is 3. The number of nitrogens with one attached hydrogen (secondary N) is 1. The van der Waals surface area contributed by atoms with Crippen LogP contribution in [0, 0.1) is 0 Å². The van der Waals surface area contributed by atoms with Gasteiger partial charge in [0.05, 0.1) is 6.42 Å². The summed E-state index contributed by atoms with van der Waals surface area (Å²) in [5.41, 5.74) is 0. The van der Waals surface area contributed by atoms with E-state index in [0.29, 0.717) is 13.1 Å². The van der Waals surface area contributed by atoms with Crippen molar-refractivity contribution in [3.8, 4) is 0 Å². The van der Waals surface area contributed by atoms with Gasteiger partial charge in [-0.15, -0.1) is 0 Å². The van der Waals surface area contributed by atoms with Gasteiger partial charge in [0.1, 0.15) is 6.04 Å². The van der Waals surface area contributed by atoms with Gasteiger partial charge in [-0.25, -0.2) is 0 Å². The van der Waals surface area contributed by atoms with Gasteiger partial charge in [-0.1, -0.05) is 0 Å². The number of likely N-dealkylation sites (N-methyl/N-ethyl adjacent to an activating group) is 1. The molecule has 0 heterocycles. The van der Waals surface area contributed by atoms with Gasteiger partial charge in [0.25, 0.3) is 0 Å². The zero-order valence-corrected chi connectivity index (χ0v) is 10.5. The molecule has 0 aliphatic carbocycles. The number of carboxylic acid groups (broad SMARTS) is 1. The van der Waals surface area contributed by atoms with Crippen molar-refractivity contribution < 1.29 is 19.5 Å². The summed E-state index contributed by atoms with van der Waals surface area (Å²) in [5, 5.41) is 10.9. The monoisotopic (exact) mass is 244 g/mol. The highest BCUT2D eigenvalue weighted by Gasteiger charge is 2.19. The van der Waals surface area contributed by atoms with E-state index in [-0.39, 0.29) is 18.7 Å². The maximum absolute atomic E-state index is 11.8. The molecule has 0 fully saturated rings. The summed E-state index contributed by atoms with van der Waals surface area (Å²) < 4.78 is 0. The van der Waals surface area contributed by atoms with Crippen molar-refractivity contribution in [1.29, 1.82) is 0 Å². The molecule has 2 N–H and O–H groups in total. The molecule has 2 amide bonds. The topological polar surface area (TPSA) is 86.7 Å². The summed E-state index contributed by atoms with van der Waals surface area (Å²) >= 11 is 0. The molecule has 6 nitrogen and oxygen atoms in total. The second-order valence-electron chi connectivity index (χ2n) is 3.69. The van der Waals surface area contributed by atoms with Crippen LogP contribution in [-0.4, -0.2) is 46.9 Å². The van der Waals surface area contributed by atoms with Crippen LogP contribution in [0.5, 0.6) is 0 Å². The van der Waals surface area contributed by atoms with Gasteiger partial charge in [0.2, 0.25) is 11.8 Å². The Morgan fingerprint density at radius 3 is 2.12 bits per heavy atom. The van der Waals surface area contributed by atoms with Crippen molar-refractivity contribution in [2.75, 3.05) is 13.1 Å². The molecule has 0 aliphatic rings. The first-order valence-electron chi connectivity index (χ1n) is 5.72. The minimum Gasteiger partial charge on any atom is -0.481 e. The maximum Gasteiger partial charge on any atom is 0.303 e. The minimum atomic E-state index is -1.03. The van der Waals surface area contributed by atoms with Crippen LogP contribution in [0.2, 0.25) is 0 Å². The Balaban J connectivity index is 4.15. The predicted octanol–water partition coefficient (Wildman–Crippen LogP) is 0.224. The van der Waals surface area contributed by atoms with E-state index in [1.807, 2.05) is 13.8 Å². The van der Waals surface area contributed by atoms with Crippen molar-refractivity contribution in [1.82, 2.24) is 10.2 Å². The van der Waals surface area contributed by atoms with Crippen LogP contribution in [0.1, 0.15) is 33.6 Å². The molecule has 1 atom stereocenters. The number of carboxylic acids is 1. The molecular weight excluding hydrogens is 224 g/mol. The summed E-state index contributed by atoms with van der Waals surface area (Å²) in [6, 6.07) is -0.615. The van der Waals surface area contributed by atoms with Crippen LogP contribution >= 0.6 is 0 Å². The zero-order valence-electron chi connectivity index (χ0n) is 10.5. The van der Waals surface area contributed by atoms with Crippen molar-refractivity contribution in [2.45, 2.75) is 39.7 Å². The van der Waals surface area contributed by atoms with Crippen LogP contribution in [0.15, 0.2) is 0 Å². The fourth-order valence-corrected chi connectivity index (χ4v) is 1.40. The lowest BCUT2D eigenvalue weighted by Crippen LogP contribution is -2.46. The highest BCUT2D eigenvalue weighted by atomic mass is 16.4. The minimum absolute atomic E-state index is 0.106. The quantitative estimate of drug-likeness (QED) is 0.671. The summed E-state index contributed by atoms with van der Waals surface area (Å²) in [5.74, 6) is -1.60. The molecule has 0 saturated heterocycles. The number of hydrogen-bond donors (Lipinski definition) is 2. The van der Waals surface area contributed by atoms with Gasteiger partial charge in [-0.05, 0) is 20.8 Å². The third-order valence-corrected chi connectivity index (χ3v) is 2.39. The molecule has 6 heteroatoms. The summed E-state index contributed by atoms with van der Waals surface area (Å²) in [4.78, 5) is 35.0. The molecule has 1 unspecified atom stereocenters. The Kier molecular flexibility index (Phi) is 6.93. The molecule has 0 bridgehead atoms. The number of amides is 2. The van der Waals surface area contributed by atoms with E-state index < -0.39 is 17.9 Å². The Morgan fingerprint density at radius 2 is 1.71 bits per heavy atom. The van der Waals surface area contributed by atoms with E-state index in [4.69, 9.17) is 5.11 Å². The largest absolute Gasteiger partial charge is 0.481 e. The molecule has 0 aromatic carbocycles. The Hall–Kier alpha value is -1.59. The fraction of sp³-hybridized carbons (Fsp3) is 0.727. The smallest absolute Gasteiger partial charge is 0.303 e. The van der Waals surface area contributed by atoms with Crippen molar-refractivity contribution in [3.05, 3.63) is 0 Å². The van der Waals surface area contributed by atoms with Gasteiger partial charge in [-0.3, -0.25) is 14.4 Å². The van der Waals surface area contributed by atoms with E-state index in [2.05, 4.69) is 5.32 Å². The summed E-state index contributed by atoms with van der Waals surface area (Å²) in [7, 11) is 0. The molecule has 0 aromatic rings. The van der Waals surface area contributed by atoms with E-state index in [0.717, 1.165) is 0 Å². The third-order valence-electron chi connectivity index (χ3n) is 2.39. The first-order valence-corrected chi connectivity index (χ1v) is 5.72. The molecular formula is C11H20N2O4. The Morgan fingerprint density at radius 1 is 1.18 bits per heavy atom. The number of rotatable bonds is 7. The van der Waals surface area contributed by atoms with E-state index in [1.165, 1.54) is 0 Å². The van der Waals surface area contributed by atoms with E-state index in [1.54, 1.807) is 11.8 Å². The summed E-state index contributed by atoms with van der Waals surface area (Å²) in [6.45, 7) is 6.50. The maximum atomic E-state index is 11.8. The lowest BCUT2D eigenvalue weighted by molar-refractivity contribution is -0.139. The van der Waals surface area contributed by atoms with Crippen LogP contribution in [0.3, 0.4) is 0 Å². The van der Waals surface area contributed by atoms with Crippen molar-refractivity contribution in [3.63, 3.8) is 0 Å². The molecule has 0 aromatic heterocycles. The van der Waals surface area contributed by atoms with Crippen LogP contribution in [0.25, 0.3) is 0 Å². The standard InChI is InChI=1S/C11H20N2O4/c1-4-13(5-2)11(17)8(3)12-9(14)6-7-10(15)16/h8H,4-7H2,1-3H3,(H,12,14)(H,15,16). The zero-order chi connectivity index (χ0) is 13.4. The van der Waals surface area contributed by atoms with Gasteiger partial charge in [0, 0.05) is 19.5 Å².